The number of hydrogen-bond donors (Lipinski definition) is 2. The molecule has 1 unspecified atom stereocenters. The van der Waals surface area contributed by atoms with E-state index in [9.17, 15) is 19.2 Å². The third-order valence-corrected chi connectivity index (χ3v) is 4.49. The first-order chi connectivity index (χ1) is 14.4. The number of aryl methyl sites for hydroxylation is 2. The summed E-state index contributed by atoms with van der Waals surface area (Å²) in [5.41, 5.74) is 1.89. The first kappa shape index (κ1) is 25.9. The average Bonchev–Trinajstić information content (AvgIpc) is 2.68. The Bertz CT molecular complexity index is 816. The molecule has 3 amide bonds. The highest BCUT2D eigenvalue weighted by Crippen LogP contribution is 2.24. The number of methoxy groups -OCH3 is 1. The van der Waals surface area contributed by atoms with Crippen LogP contribution in [0.3, 0.4) is 0 Å². The average molecular weight is 436 g/mol. The molecule has 1 rings (SSSR count). The van der Waals surface area contributed by atoms with Gasteiger partial charge in [0.2, 0.25) is 11.8 Å². The molecule has 1 aromatic carbocycles. The van der Waals surface area contributed by atoms with Crippen LogP contribution in [0.4, 0.5) is 4.79 Å². The van der Waals surface area contributed by atoms with E-state index in [0.717, 1.165) is 11.1 Å². The molecule has 1 aromatic rings. The Morgan fingerprint density at radius 3 is 2.19 bits per heavy atom. The summed E-state index contributed by atoms with van der Waals surface area (Å²) in [4.78, 5) is 50.6. The van der Waals surface area contributed by atoms with Crippen molar-refractivity contribution in [1.29, 1.82) is 0 Å². The summed E-state index contributed by atoms with van der Waals surface area (Å²) < 4.78 is 9.71. The number of ether oxygens (including phenoxy) is 2. The Kier molecular flexibility index (Phi) is 9.48. The first-order valence-electron chi connectivity index (χ1n) is 10.1. The molecular formula is C22H33N3O6. The molecule has 0 saturated heterocycles. The lowest BCUT2D eigenvalue weighted by atomic mass is 9.99. The van der Waals surface area contributed by atoms with Gasteiger partial charge in [-0.2, -0.15) is 0 Å². The highest BCUT2D eigenvalue weighted by atomic mass is 16.6. The second-order valence-corrected chi connectivity index (χ2v) is 8.08. The molecule has 0 saturated carbocycles. The minimum atomic E-state index is -0.984. The van der Waals surface area contributed by atoms with Crippen LogP contribution in [-0.2, 0) is 23.9 Å². The Morgan fingerprint density at radius 1 is 1.03 bits per heavy atom. The Morgan fingerprint density at radius 2 is 1.68 bits per heavy atom. The first-order valence-corrected chi connectivity index (χ1v) is 10.1. The number of carbonyl (C=O) groups excluding carboxylic acids is 4. The van der Waals surface area contributed by atoms with Crippen molar-refractivity contribution in [2.24, 2.45) is 0 Å². The van der Waals surface area contributed by atoms with E-state index < -0.39 is 35.5 Å². The lowest BCUT2D eigenvalue weighted by Crippen LogP contribution is -2.48. The zero-order valence-electron chi connectivity index (χ0n) is 19.3. The maximum absolute atomic E-state index is 13.0. The summed E-state index contributed by atoms with van der Waals surface area (Å²) in [6.45, 7) is 10.3. The van der Waals surface area contributed by atoms with Gasteiger partial charge in [0, 0.05) is 6.54 Å². The van der Waals surface area contributed by atoms with E-state index >= 15 is 0 Å². The molecule has 0 fully saturated rings. The molecule has 0 spiro atoms. The van der Waals surface area contributed by atoms with Crippen LogP contribution in [0.1, 0.15) is 50.4 Å². The minimum absolute atomic E-state index is 0.206. The van der Waals surface area contributed by atoms with Crippen molar-refractivity contribution >= 4 is 23.9 Å². The van der Waals surface area contributed by atoms with Gasteiger partial charge in [-0.15, -0.1) is 0 Å². The van der Waals surface area contributed by atoms with Gasteiger partial charge in [0.1, 0.15) is 24.7 Å². The lowest BCUT2D eigenvalue weighted by Gasteiger charge is -2.31. The largest absolute Gasteiger partial charge is 0.468 e. The van der Waals surface area contributed by atoms with Crippen molar-refractivity contribution in [3.8, 4) is 0 Å². The predicted octanol–water partition coefficient (Wildman–Crippen LogP) is 2.01. The topological polar surface area (TPSA) is 114 Å². The van der Waals surface area contributed by atoms with Crippen LogP contribution in [0.25, 0.3) is 0 Å². The van der Waals surface area contributed by atoms with Gasteiger partial charge < -0.3 is 25.0 Å². The maximum Gasteiger partial charge on any atom is 0.408 e. The Hall–Kier alpha value is -3.10. The maximum atomic E-state index is 13.0. The summed E-state index contributed by atoms with van der Waals surface area (Å²) in [6, 6.07) is 4.47. The second kappa shape index (κ2) is 11.3. The fourth-order valence-electron chi connectivity index (χ4n) is 2.80. The molecule has 9 heteroatoms. The molecule has 1 atom stereocenters. The highest BCUT2D eigenvalue weighted by molar-refractivity contribution is 5.91. The van der Waals surface area contributed by atoms with E-state index in [-0.39, 0.29) is 19.6 Å². The molecule has 31 heavy (non-hydrogen) atoms. The smallest absolute Gasteiger partial charge is 0.408 e. The molecule has 172 valence electrons. The molecule has 0 bridgehead atoms. The minimum Gasteiger partial charge on any atom is -0.468 e. The monoisotopic (exact) mass is 435 g/mol. The quantitative estimate of drug-likeness (QED) is 0.604. The zero-order valence-corrected chi connectivity index (χ0v) is 19.3. The van der Waals surface area contributed by atoms with Gasteiger partial charge in [-0.05, 0) is 58.2 Å². The van der Waals surface area contributed by atoms with Crippen molar-refractivity contribution in [2.75, 3.05) is 26.7 Å². The SMILES string of the molecule is CCN(C(=O)CNC(=O)OC(C)(C)C)C(C(=O)NCC(=O)OC)c1ccc(C)c(C)c1. The van der Waals surface area contributed by atoms with E-state index in [1.807, 2.05) is 26.0 Å². The van der Waals surface area contributed by atoms with E-state index in [4.69, 9.17) is 4.74 Å². The van der Waals surface area contributed by atoms with Gasteiger partial charge in [0.15, 0.2) is 0 Å². The van der Waals surface area contributed by atoms with E-state index in [2.05, 4.69) is 15.4 Å². The van der Waals surface area contributed by atoms with Gasteiger partial charge in [-0.3, -0.25) is 14.4 Å². The molecule has 2 N–H and O–H groups in total. The fraction of sp³-hybridized carbons (Fsp3) is 0.545. The standard InChI is InChI=1S/C22H33N3O6/c1-8-25(17(26)12-24-21(29)31-22(4,5)6)19(20(28)23-13-18(27)30-7)16-10-9-14(2)15(3)11-16/h9-11,19H,8,12-13H2,1-7H3,(H,23,28)(H,24,29). The van der Waals surface area contributed by atoms with Crippen LogP contribution >= 0.6 is 0 Å². The van der Waals surface area contributed by atoms with Gasteiger partial charge in [0.25, 0.3) is 0 Å². The Labute approximate surface area is 183 Å². The molecule has 9 nitrogen and oxygen atoms in total. The Balaban J connectivity index is 3.10. The number of alkyl carbamates (subject to hydrolysis) is 1. The summed E-state index contributed by atoms with van der Waals surface area (Å²) >= 11 is 0. The van der Waals surface area contributed by atoms with Gasteiger partial charge in [0.05, 0.1) is 7.11 Å². The van der Waals surface area contributed by atoms with Crippen LogP contribution in [0, 0.1) is 13.8 Å². The van der Waals surface area contributed by atoms with Crippen molar-refractivity contribution in [1.82, 2.24) is 15.5 Å². The highest BCUT2D eigenvalue weighted by Gasteiger charge is 2.31. The predicted molar refractivity (Wildman–Crippen MR) is 115 cm³/mol. The van der Waals surface area contributed by atoms with Crippen LogP contribution < -0.4 is 10.6 Å². The van der Waals surface area contributed by atoms with Gasteiger partial charge >= 0.3 is 12.1 Å². The number of likely N-dealkylation sites (N-methyl/N-ethyl adjacent to an activating group) is 1. The number of nitrogens with zero attached hydrogens (tertiary/aromatic N) is 1. The second-order valence-electron chi connectivity index (χ2n) is 8.08. The number of rotatable bonds is 8. The third-order valence-electron chi connectivity index (χ3n) is 4.49. The molecule has 0 heterocycles. The molecule has 0 aliphatic rings. The lowest BCUT2D eigenvalue weighted by molar-refractivity contribution is -0.143. The normalized spacial score (nSPS) is 11.8. The van der Waals surface area contributed by atoms with Crippen LogP contribution in [-0.4, -0.2) is 61.1 Å². The number of esters is 1. The van der Waals surface area contributed by atoms with Crippen LogP contribution in [0.2, 0.25) is 0 Å². The summed E-state index contributed by atoms with van der Waals surface area (Å²) in [5, 5.41) is 4.93. The fourth-order valence-corrected chi connectivity index (χ4v) is 2.80. The van der Waals surface area contributed by atoms with Crippen LogP contribution in [0.15, 0.2) is 18.2 Å². The summed E-state index contributed by atoms with van der Waals surface area (Å²) in [5.74, 6) is -1.60. The molecule has 0 radical (unpaired) electrons. The summed E-state index contributed by atoms with van der Waals surface area (Å²) in [7, 11) is 1.22. The van der Waals surface area contributed by atoms with Crippen molar-refractivity contribution in [3.63, 3.8) is 0 Å². The number of amides is 3. The van der Waals surface area contributed by atoms with Crippen molar-refractivity contribution in [3.05, 3.63) is 34.9 Å². The van der Waals surface area contributed by atoms with Crippen molar-refractivity contribution < 1.29 is 28.7 Å². The van der Waals surface area contributed by atoms with Crippen molar-refractivity contribution in [2.45, 2.75) is 53.2 Å². The molecule has 0 aliphatic carbocycles. The van der Waals surface area contributed by atoms with E-state index in [1.165, 1.54) is 12.0 Å². The molecular weight excluding hydrogens is 402 g/mol. The number of benzene rings is 1. The summed E-state index contributed by atoms with van der Waals surface area (Å²) in [6.07, 6.45) is -0.727. The molecule has 0 aromatic heterocycles. The number of hydrogen-bond acceptors (Lipinski definition) is 6. The zero-order chi connectivity index (χ0) is 23.8. The van der Waals surface area contributed by atoms with Crippen LogP contribution in [0.5, 0.6) is 0 Å². The third kappa shape index (κ3) is 8.27. The number of nitrogens with one attached hydrogen (secondary N) is 2. The van der Waals surface area contributed by atoms with E-state index in [0.29, 0.717) is 5.56 Å². The van der Waals surface area contributed by atoms with E-state index in [1.54, 1.807) is 33.8 Å². The number of carbonyl (C=O) groups is 4. The van der Waals surface area contributed by atoms with Gasteiger partial charge in [-0.25, -0.2) is 4.79 Å². The molecule has 0 aliphatic heterocycles. The van der Waals surface area contributed by atoms with Gasteiger partial charge in [-0.1, -0.05) is 18.2 Å².